The number of amides is 1. The number of nitrogens with one attached hydrogen (secondary N) is 1. The second kappa shape index (κ2) is 5.10. The lowest BCUT2D eigenvalue weighted by atomic mass is 10.2. The highest BCUT2D eigenvalue weighted by Crippen LogP contribution is 2.26. The van der Waals surface area contributed by atoms with E-state index in [1.807, 2.05) is 30.3 Å². The topological polar surface area (TPSA) is 51.5 Å². The van der Waals surface area contributed by atoms with E-state index >= 15 is 0 Å². The summed E-state index contributed by atoms with van der Waals surface area (Å²) in [4.78, 5) is 11.1. The molecule has 0 fully saturated rings. The van der Waals surface area contributed by atoms with Crippen LogP contribution in [-0.2, 0) is 4.74 Å². The fraction of sp³-hybridized carbons (Fsp3) is 0.250. The summed E-state index contributed by atoms with van der Waals surface area (Å²) < 4.78 is 10.7. The summed E-state index contributed by atoms with van der Waals surface area (Å²) in [7, 11) is 1.49. The number of carbonyl (C=O) groups is 1. The number of para-hydroxylation sites is 1. The van der Waals surface area contributed by atoms with Crippen LogP contribution in [0.25, 0.3) is 11.0 Å². The zero-order valence-electron chi connectivity index (χ0n) is 9.27. The van der Waals surface area contributed by atoms with E-state index in [4.69, 9.17) is 20.8 Å². The predicted octanol–water partition coefficient (Wildman–Crippen LogP) is 3.07. The molecule has 90 valence electrons. The van der Waals surface area contributed by atoms with E-state index in [0.29, 0.717) is 5.76 Å². The molecule has 0 saturated heterocycles. The van der Waals surface area contributed by atoms with E-state index in [-0.39, 0.29) is 5.88 Å². The Hall–Kier alpha value is -1.68. The second-order valence-electron chi connectivity index (χ2n) is 3.48. The molecule has 1 aromatic carbocycles. The normalized spacial score (nSPS) is 12.4. The molecule has 4 nitrogen and oxygen atoms in total. The molecule has 1 N–H and O–H groups in total. The number of hydrogen-bond acceptors (Lipinski definition) is 3. The van der Waals surface area contributed by atoms with Crippen LogP contribution in [0.15, 0.2) is 34.7 Å². The molecule has 2 rings (SSSR count). The van der Waals surface area contributed by atoms with Gasteiger partial charge in [0.2, 0.25) is 0 Å². The third kappa shape index (κ3) is 2.53. The molecule has 0 aliphatic carbocycles. The average molecular weight is 254 g/mol. The number of ether oxygens (including phenoxy) is 1. The van der Waals surface area contributed by atoms with Crippen LogP contribution in [0.3, 0.4) is 0 Å². The monoisotopic (exact) mass is 253 g/mol. The Morgan fingerprint density at radius 1 is 1.53 bits per heavy atom. The lowest BCUT2D eigenvalue weighted by molar-refractivity contribution is 0.0994. The highest BCUT2D eigenvalue weighted by Gasteiger charge is 2.19. The van der Waals surface area contributed by atoms with Crippen molar-refractivity contribution in [1.29, 1.82) is 0 Å². The van der Waals surface area contributed by atoms with Gasteiger partial charge >= 0.3 is 6.09 Å². The summed E-state index contributed by atoms with van der Waals surface area (Å²) in [6.45, 7) is 0. The molecule has 0 bridgehead atoms. The van der Waals surface area contributed by atoms with Crippen molar-refractivity contribution in [2.24, 2.45) is 0 Å². The second-order valence-corrected chi connectivity index (χ2v) is 3.79. The third-order valence-electron chi connectivity index (χ3n) is 2.36. The van der Waals surface area contributed by atoms with E-state index in [2.05, 4.69) is 5.32 Å². The van der Waals surface area contributed by atoms with Crippen LogP contribution in [0.2, 0.25) is 0 Å². The maximum absolute atomic E-state index is 11.1. The molecule has 0 spiro atoms. The van der Waals surface area contributed by atoms with Crippen molar-refractivity contribution in [2.75, 3.05) is 12.9 Å². The predicted molar refractivity (Wildman–Crippen MR) is 65.2 cm³/mol. The minimum atomic E-state index is -0.580. The quantitative estimate of drug-likeness (QED) is 0.856. The number of alkyl carbamates (subject to hydrolysis) is 1. The molecule has 1 aromatic heterocycles. The summed E-state index contributed by atoms with van der Waals surface area (Å²) in [5.74, 6) is 0.692. The van der Waals surface area contributed by atoms with Crippen molar-refractivity contribution in [2.45, 2.75) is 6.10 Å². The van der Waals surface area contributed by atoms with Crippen LogP contribution < -0.4 is 5.32 Å². The summed E-state index contributed by atoms with van der Waals surface area (Å²) in [6, 6.07) is 9.39. The molecule has 2 aromatic rings. The number of halogens is 1. The lowest BCUT2D eigenvalue weighted by Crippen LogP contribution is -2.22. The van der Waals surface area contributed by atoms with Crippen LogP contribution in [0.4, 0.5) is 4.79 Å². The first-order valence-electron chi connectivity index (χ1n) is 5.17. The first-order chi connectivity index (χ1) is 8.24. The Bertz CT molecular complexity index is 490. The van der Waals surface area contributed by atoms with Gasteiger partial charge in [-0.25, -0.2) is 4.79 Å². The standard InChI is InChI=1S/C12H12ClNO3/c1-14-12(15)17-11(7-13)10-6-8-4-2-3-5-9(8)16-10/h2-6,11H,7H2,1H3,(H,14,15)/t11-/m1/s1. The Morgan fingerprint density at radius 3 is 2.94 bits per heavy atom. The maximum Gasteiger partial charge on any atom is 0.407 e. The molecular weight excluding hydrogens is 242 g/mol. The molecule has 1 amide bonds. The van der Waals surface area contributed by atoms with E-state index < -0.39 is 12.2 Å². The maximum atomic E-state index is 11.1. The van der Waals surface area contributed by atoms with Gasteiger partial charge in [-0.15, -0.1) is 11.6 Å². The molecular formula is C12H12ClNO3. The van der Waals surface area contributed by atoms with Crippen molar-refractivity contribution >= 4 is 28.7 Å². The van der Waals surface area contributed by atoms with Gasteiger partial charge < -0.3 is 14.5 Å². The minimum absolute atomic E-state index is 0.146. The number of carbonyl (C=O) groups excluding carboxylic acids is 1. The van der Waals surface area contributed by atoms with E-state index in [9.17, 15) is 4.79 Å². The fourth-order valence-corrected chi connectivity index (χ4v) is 1.73. The number of rotatable bonds is 3. The molecule has 0 aliphatic heterocycles. The van der Waals surface area contributed by atoms with Crippen molar-refractivity contribution in [3.8, 4) is 0 Å². The van der Waals surface area contributed by atoms with Gasteiger partial charge in [-0.3, -0.25) is 0 Å². The van der Waals surface area contributed by atoms with Crippen LogP contribution in [-0.4, -0.2) is 19.0 Å². The van der Waals surface area contributed by atoms with Gasteiger partial charge in [0.05, 0.1) is 5.88 Å². The number of fused-ring (bicyclic) bond motifs is 1. The molecule has 17 heavy (non-hydrogen) atoms. The van der Waals surface area contributed by atoms with E-state index in [1.54, 1.807) is 0 Å². The highest BCUT2D eigenvalue weighted by atomic mass is 35.5. The van der Waals surface area contributed by atoms with Crippen LogP contribution in [0.5, 0.6) is 0 Å². The van der Waals surface area contributed by atoms with Gasteiger partial charge in [0.15, 0.2) is 6.10 Å². The first kappa shape index (κ1) is 11.8. The van der Waals surface area contributed by atoms with Gasteiger partial charge in [-0.2, -0.15) is 0 Å². The molecule has 5 heteroatoms. The summed E-state index contributed by atoms with van der Waals surface area (Å²) in [5.41, 5.74) is 0.748. The Morgan fingerprint density at radius 2 is 2.29 bits per heavy atom. The Kier molecular flexibility index (Phi) is 3.54. The van der Waals surface area contributed by atoms with Crippen LogP contribution >= 0.6 is 11.6 Å². The van der Waals surface area contributed by atoms with Gasteiger partial charge in [0.1, 0.15) is 11.3 Å². The summed E-state index contributed by atoms with van der Waals surface area (Å²) >= 11 is 5.77. The highest BCUT2D eigenvalue weighted by molar-refractivity contribution is 6.18. The molecule has 1 heterocycles. The van der Waals surface area contributed by atoms with Crippen molar-refractivity contribution < 1.29 is 13.9 Å². The van der Waals surface area contributed by atoms with Gasteiger partial charge in [-0.1, -0.05) is 18.2 Å². The smallest absolute Gasteiger partial charge is 0.407 e. The fourth-order valence-electron chi connectivity index (χ4n) is 1.51. The SMILES string of the molecule is CNC(=O)O[C@H](CCl)c1cc2ccccc2o1. The molecule has 0 unspecified atom stereocenters. The van der Waals surface area contributed by atoms with Gasteiger partial charge in [0.25, 0.3) is 0 Å². The largest absolute Gasteiger partial charge is 0.457 e. The zero-order chi connectivity index (χ0) is 12.3. The lowest BCUT2D eigenvalue weighted by Gasteiger charge is -2.11. The molecule has 0 saturated carbocycles. The number of benzene rings is 1. The van der Waals surface area contributed by atoms with Gasteiger partial charge in [0, 0.05) is 12.4 Å². The van der Waals surface area contributed by atoms with E-state index in [1.165, 1.54) is 7.05 Å². The molecule has 0 radical (unpaired) electrons. The van der Waals surface area contributed by atoms with Crippen LogP contribution in [0.1, 0.15) is 11.9 Å². The van der Waals surface area contributed by atoms with Crippen molar-refractivity contribution in [3.63, 3.8) is 0 Å². The molecule has 1 atom stereocenters. The van der Waals surface area contributed by atoms with E-state index in [0.717, 1.165) is 11.0 Å². The van der Waals surface area contributed by atoms with Crippen molar-refractivity contribution in [1.82, 2.24) is 5.32 Å². The van der Waals surface area contributed by atoms with Crippen molar-refractivity contribution in [3.05, 3.63) is 36.1 Å². The number of alkyl halides is 1. The zero-order valence-corrected chi connectivity index (χ0v) is 10.0. The minimum Gasteiger partial charge on any atom is -0.457 e. The first-order valence-corrected chi connectivity index (χ1v) is 5.71. The van der Waals surface area contributed by atoms with Crippen LogP contribution in [0, 0.1) is 0 Å². The number of furan rings is 1. The van der Waals surface area contributed by atoms with Gasteiger partial charge in [-0.05, 0) is 12.1 Å². The Labute approximate surface area is 103 Å². The summed E-state index contributed by atoms with van der Waals surface area (Å²) in [6.07, 6.45) is -1.11. The third-order valence-corrected chi connectivity index (χ3v) is 2.64. The summed E-state index contributed by atoms with van der Waals surface area (Å²) in [5, 5.41) is 3.33. The molecule has 0 aliphatic rings. The Balaban J connectivity index is 2.27. The average Bonchev–Trinajstić information content (AvgIpc) is 2.78. The number of hydrogen-bond donors (Lipinski definition) is 1.